The fraction of sp³-hybridized carbons (Fsp3) is 0.353. The van der Waals surface area contributed by atoms with Crippen LogP contribution >= 0.6 is 0 Å². The zero-order valence-corrected chi connectivity index (χ0v) is 13.2. The number of oxazole rings is 1. The van der Waals surface area contributed by atoms with E-state index in [4.69, 9.17) is 9.68 Å². The number of nitriles is 1. The molecule has 0 fully saturated rings. The van der Waals surface area contributed by atoms with Crippen LogP contribution in [-0.2, 0) is 16.6 Å². The lowest BCUT2D eigenvalue weighted by Crippen LogP contribution is -2.15. The van der Waals surface area contributed by atoms with Crippen LogP contribution in [0.4, 0.5) is 5.69 Å². The van der Waals surface area contributed by atoms with E-state index in [0.29, 0.717) is 28.6 Å². The summed E-state index contributed by atoms with van der Waals surface area (Å²) in [6.45, 7) is 7.84. The minimum absolute atomic E-state index is 0.0919. The van der Waals surface area contributed by atoms with E-state index in [1.807, 2.05) is 33.8 Å². The van der Waals surface area contributed by atoms with Crippen LogP contribution in [0.25, 0.3) is 0 Å². The van der Waals surface area contributed by atoms with Gasteiger partial charge in [-0.3, -0.25) is 4.79 Å². The number of hydrogen-bond donors (Lipinski definition) is 1. The first-order valence-corrected chi connectivity index (χ1v) is 7.07. The van der Waals surface area contributed by atoms with Crippen molar-refractivity contribution < 1.29 is 9.21 Å². The predicted octanol–water partition coefficient (Wildman–Crippen LogP) is 3.33. The van der Waals surface area contributed by atoms with Gasteiger partial charge >= 0.3 is 0 Å². The second-order valence-corrected chi connectivity index (χ2v) is 6.16. The normalized spacial score (nSPS) is 11.0. The van der Waals surface area contributed by atoms with Crippen molar-refractivity contribution in [3.8, 4) is 6.07 Å². The molecule has 2 rings (SSSR count). The number of nitrogens with one attached hydrogen (secondary N) is 1. The van der Waals surface area contributed by atoms with E-state index in [1.165, 1.54) is 0 Å². The largest absolute Gasteiger partial charge is 0.444 e. The second-order valence-electron chi connectivity index (χ2n) is 6.16. The van der Waals surface area contributed by atoms with Gasteiger partial charge in [0.25, 0.3) is 0 Å². The van der Waals surface area contributed by atoms with E-state index in [1.54, 1.807) is 24.3 Å². The van der Waals surface area contributed by atoms with Crippen LogP contribution in [0.3, 0.4) is 0 Å². The quantitative estimate of drug-likeness (QED) is 0.942. The fourth-order valence-corrected chi connectivity index (χ4v) is 1.94. The summed E-state index contributed by atoms with van der Waals surface area (Å²) in [5, 5.41) is 11.8. The number of rotatable bonds is 3. The van der Waals surface area contributed by atoms with Crippen molar-refractivity contribution in [1.82, 2.24) is 4.98 Å². The first kappa shape index (κ1) is 15.8. The van der Waals surface area contributed by atoms with E-state index in [-0.39, 0.29) is 17.7 Å². The van der Waals surface area contributed by atoms with Gasteiger partial charge in [0.2, 0.25) is 5.91 Å². The first-order chi connectivity index (χ1) is 10.3. The van der Waals surface area contributed by atoms with Crippen molar-refractivity contribution in [2.45, 2.75) is 39.5 Å². The Bertz CT molecular complexity index is 733. The molecule has 114 valence electrons. The van der Waals surface area contributed by atoms with Crippen LogP contribution in [0.5, 0.6) is 0 Å². The molecular weight excluding hydrogens is 278 g/mol. The molecule has 0 saturated heterocycles. The van der Waals surface area contributed by atoms with Crippen LogP contribution in [-0.4, -0.2) is 10.9 Å². The monoisotopic (exact) mass is 297 g/mol. The Morgan fingerprint density at radius 1 is 1.36 bits per heavy atom. The standard InChI is InChI=1S/C17H19N3O2/c1-11-14(22-16(19-11)17(2,3)4)9-15(21)20-13-8-6-5-7-12(13)10-18/h5-8H,9H2,1-4H3,(H,20,21). The van der Waals surface area contributed by atoms with Gasteiger partial charge in [-0.15, -0.1) is 0 Å². The van der Waals surface area contributed by atoms with Crippen LogP contribution in [0.15, 0.2) is 28.7 Å². The lowest BCUT2D eigenvalue weighted by atomic mass is 9.97. The molecule has 2 aromatic rings. The van der Waals surface area contributed by atoms with E-state index in [2.05, 4.69) is 10.3 Å². The van der Waals surface area contributed by atoms with Gasteiger partial charge in [0.05, 0.1) is 23.4 Å². The third kappa shape index (κ3) is 3.53. The van der Waals surface area contributed by atoms with Gasteiger partial charge in [-0.1, -0.05) is 32.9 Å². The van der Waals surface area contributed by atoms with Gasteiger partial charge in [-0.25, -0.2) is 4.98 Å². The molecule has 0 unspecified atom stereocenters. The minimum Gasteiger partial charge on any atom is -0.444 e. The molecule has 22 heavy (non-hydrogen) atoms. The first-order valence-electron chi connectivity index (χ1n) is 7.07. The Morgan fingerprint density at radius 2 is 2.05 bits per heavy atom. The summed E-state index contributed by atoms with van der Waals surface area (Å²) in [7, 11) is 0. The molecule has 1 N–H and O–H groups in total. The Kier molecular flexibility index (Phi) is 4.32. The molecule has 0 aliphatic carbocycles. The minimum atomic E-state index is -0.234. The van der Waals surface area contributed by atoms with Gasteiger partial charge in [0.1, 0.15) is 11.8 Å². The number of para-hydroxylation sites is 1. The zero-order valence-electron chi connectivity index (χ0n) is 13.2. The number of hydrogen-bond acceptors (Lipinski definition) is 4. The zero-order chi connectivity index (χ0) is 16.3. The third-order valence-electron chi connectivity index (χ3n) is 3.18. The van der Waals surface area contributed by atoms with E-state index in [9.17, 15) is 4.79 Å². The second kappa shape index (κ2) is 6.02. The average Bonchev–Trinajstić information content (AvgIpc) is 2.80. The lowest BCUT2D eigenvalue weighted by Gasteiger charge is -2.12. The van der Waals surface area contributed by atoms with Gasteiger partial charge < -0.3 is 9.73 Å². The molecule has 0 bridgehead atoms. The van der Waals surface area contributed by atoms with Crippen molar-refractivity contribution in [3.63, 3.8) is 0 Å². The topological polar surface area (TPSA) is 78.9 Å². The van der Waals surface area contributed by atoms with E-state index >= 15 is 0 Å². The lowest BCUT2D eigenvalue weighted by molar-refractivity contribution is -0.115. The highest BCUT2D eigenvalue weighted by molar-refractivity contribution is 5.93. The van der Waals surface area contributed by atoms with Crippen molar-refractivity contribution in [2.24, 2.45) is 0 Å². The summed E-state index contributed by atoms with van der Waals surface area (Å²) in [4.78, 5) is 16.5. The third-order valence-corrected chi connectivity index (χ3v) is 3.18. The molecule has 0 atom stereocenters. The number of anilines is 1. The summed E-state index contributed by atoms with van der Waals surface area (Å²) < 4.78 is 5.71. The van der Waals surface area contributed by atoms with Gasteiger partial charge in [0, 0.05) is 5.41 Å². The molecule has 1 heterocycles. The number of amides is 1. The Morgan fingerprint density at radius 3 is 2.64 bits per heavy atom. The molecule has 0 spiro atoms. The van der Waals surface area contributed by atoms with Crippen molar-refractivity contribution in [3.05, 3.63) is 47.2 Å². The Balaban J connectivity index is 2.13. The van der Waals surface area contributed by atoms with Crippen LogP contribution in [0.1, 0.15) is 43.7 Å². The Labute approximate surface area is 130 Å². The summed E-state index contributed by atoms with van der Waals surface area (Å²) >= 11 is 0. The summed E-state index contributed by atoms with van der Waals surface area (Å²) in [6, 6.07) is 8.93. The molecule has 0 aliphatic rings. The van der Waals surface area contributed by atoms with Crippen LogP contribution < -0.4 is 5.32 Å². The molecule has 5 heteroatoms. The summed E-state index contributed by atoms with van der Waals surface area (Å²) in [6.07, 6.45) is 0.0919. The summed E-state index contributed by atoms with van der Waals surface area (Å²) in [5.41, 5.74) is 1.45. The van der Waals surface area contributed by atoms with Gasteiger partial charge in [-0.2, -0.15) is 5.26 Å². The molecule has 1 aromatic heterocycles. The average molecular weight is 297 g/mol. The summed E-state index contributed by atoms with van der Waals surface area (Å²) in [5.74, 6) is 0.935. The molecule has 1 amide bonds. The maximum atomic E-state index is 12.2. The number of carbonyl (C=O) groups excluding carboxylic acids is 1. The van der Waals surface area contributed by atoms with Gasteiger partial charge in [0.15, 0.2) is 5.89 Å². The number of aromatic nitrogens is 1. The highest BCUT2D eigenvalue weighted by Gasteiger charge is 2.23. The van der Waals surface area contributed by atoms with E-state index in [0.717, 1.165) is 0 Å². The van der Waals surface area contributed by atoms with Crippen molar-refractivity contribution in [1.29, 1.82) is 5.26 Å². The maximum Gasteiger partial charge on any atom is 0.232 e. The molecule has 1 aromatic carbocycles. The smallest absolute Gasteiger partial charge is 0.232 e. The molecule has 0 radical (unpaired) electrons. The molecule has 5 nitrogen and oxygen atoms in total. The van der Waals surface area contributed by atoms with Crippen molar-refractivity contribution >= 4 is 11.6 Å². The van der Waals surface area contributed by atoms with Crippen LogP contribution in [0.2, 0.25) is 0 Å². The predicted molar refractivity (Wildman–Crippen MR) is 83.4 cm³/mol. The SMILES string of the molecule is Cc1nc(C(C)(C)C)oc1CC(=O)Nc1ccccc1C#N. The highest BCUT2D eigenvalue weighted by atomic mass is 16.4. The van der Waals surface area contributed by atoms with Crippen molar-refractivity contribution in [2.75, 3.05) is 5.32 Å². The van der Waals surface area contributed by atoms with Gasteiger partial charge in [-0.05, 0) is 19.1 Å². The number of carbonyl (C=O) groups is 1. The van der Waals surface area contributed by atoms with E-state index < -0.39 is 0 Å². The maximum absolute atomic E-state index is 12.2. The fourth-order valence-electron chi connectivity index (χ4n) is 1.94. The Hall–Kier alpha value is -2.61. The number of benzene rings is 1. The molecule has 0 aliphatic heterocycles. The molecular formula is C17H19N3O2. The highest BCUT2D eigenvalue weighted by Crippen LogP contribution is 2.24. The number of nitrogens with zero attached hydrogens (tertiary/aromatic N) is 2. The number of aryl methyl sites for hydroxylation is 1. The van der Waals surface area contributed by atoms with Crippen LogP contribution in [0, 0.1) is 18.3 Å². The molecule has 0 saturated carbocycles.